The molecule has 3 rings (SSSR count). The van der Waals surface area contributed by atoms with E-state index >= 15 is 0 Å². The zero-order valence-electron chi connectivity index (χ0n) is 19.4. The second-order valence-corrected chi connectivity index (χ2v) is 10.2. The molecule has 34 heavy (non-hydrogen) atoms. The molecule has 0 aliphatic carbocycles. The van der Waals surface area contributed by atoms with E-state index in [0.717, 1.165) is 5.56 Å². The van der Waals surface area contributed by atoms with Crippen LogP contribution in [-0.4, -0.2) is 49.2 Å². The van der Waals surface area contributed by atoms with Gasteiger partial charge in [-0.05, 0) is 69.5 Å². The summed E-state index contributed by atoms with van der Waals surface area (Å²) in [6, 6.07) is 11.9. The number of anilines is 2. The summed E-state index contributed by atoms with van der Waals surface area (Å²) in [5.41, 5.74) is 1.97. The van der Waals surface area contributed by atoms with Crippen molar-refractivity contribution in [2.24, 2.45) is 0 Å². The number of carbonyl (C=O) groups is 3. The Morgan fingerprint density at radius 3 is 2.15 bits per heavy atom. The van der Waals surface area contributed by atoms with Crippen LogP contribution in [0.25, 0.3) is 0 Å². The highest BCUT2D eigenvalue weighted by Crippen LogP contribution is 2.27. The fourth-order valence-electron chi connectivity index (χ4n) is 3.66. The first-order valence-electron chi connectivity index (χ1n) is 11.1. The number of sulfonamides is 1. The maximum Gasteiger partial charge on any atom is 0.325 e. The number of carbonyl (C=O) groups excluding carboxylic acids is 3. The van der Waals surface area contributed by atoms with Gasteiger partial charge in [-0.1, -0.05) is 17.7 Å². The van der Waals surface area contributed by atoms with E-state index in [-0.39, 0.29) is 17.3 Å². The maximum atomic E-state index is 13.2. The van der Waals surface area contributed by atoms with Gasteiger partial charge < -0.3 is 15.4 Å². The summed E-state index contributed by atoms with van der Waals surface area (Å²) in [5, 5.41) is 5.27. The average Bonchev–Trinajstić information content (AvgIpc) is 2.80. The molecular weight excluding hydrogens is 458 g/mol. The molecular formula is C24H29N3O6S. The third-order valence-corrected chi connectivity index (χ3v) is 7.41. The van der Waals surface area contributed by atoms with Crippen molar-refractivity contribution in [1.29, 1.82) is 0 Å². The van der Waals surface area contributed by atoms with Gasteiger partial charge in [0.05, 0.1) is 4.90 Å². The standard InChI is InChI=1S/C24H29N3O6S/c1-16-7-13-21(14-8-16)34(31,32)27-15-5-4-6-22(27)24(30)33-17(2)23(29)26-20-11-9-19(10-12-20)25-18(3)28/h7-14,17,22H,4-6,15H2,1-3H3,(H,25,28)(H,26,29)/t17-,22-/m1/s1. The van der Waals surface area contributed by atoms with Gasteiger partial charge in [-0.3, -0.25) is 14.4 Å². The van der Waals surface area contributed by atoms with Gasteiger partial charge in [-0.15, -0.1) is 0 Å². The molecule has 10 heteroatoms. The van der Waals surface area contributed by atoms with Crippen molar-refractivity contribution >= 4 is 39.2 Å². The molecule has 1 aliphatic heterocycles. The number of nitrogens with one attached hydrogen (secondary N) is 2. The van der Waals surface area contributed by atoms with E-state index in [9.17, 15) is 22.8 Å². The molecule has 2 aromatic rings. The van der Waals surface area contributed by atoms with Crippen molar-refractivity contribution < 1.29 is 27.5 Å². The van der Waals surface area contributed by atoms with Crippen molar-refractivity contribution in [3.63, 3.8) is 0 Å². The van der Waals surface area contributed by atoms with Crippen LogP contribution in [0.15, 0.2) is 53.4 Å². The molecule has 2 atom stereocenters. The fourth-order valence-corrected chi connectivity index (χ4v) is 5.31. The number of hydrogen-bond donors (Lipinski definition) is 2. The van der Waals surface area contributed by atoms with Gasteiger partial charge in [-0.2, -0.15) is 4.31 Å². The maximum absolute atomic E-state index is 13.2. The van der Waals surface area contributed by atoms with Crippen LogP contribution in [0.3, 0.4) is 0 Å². The molecule has 1 saturated heterocycles. The van der Waals surface area contributed by atoms with E-state index < -0.39 is 34.0 Å². The number of rotatable bonds is 7. The summed E-state index contributed by atoms with van der Waals surface area (Å²) in [6.07, 6.45) is 0.511. The highest BCUT2D eigenvalue weighted by atomic mass is 32.2. The van der Waals surface area contributed by atoms with E-state index in [1.807, 2.05) is 6.92 Å². The molecule has 0 radical (unpaired) electrons. The van der Waals surface area contributed by atoms with Crippen LogP contribution < -0.4 is 10.6 Å². The second kappa shape index (κ2) is 10.8. The molecule has 1 aliphatic rings. The minimum Gasteiger partial charge on any atom is -0.451 e. The minimum atomic E-state index is -3.89. The lowest BCUT2D eigenvalue weighted by Crippen LogP contribution is -2.49. The second-order valence-electron chi connectivity index (χ2n) is 8.27. The van der Waals surface area contributed by atoms with Crippen LogP contribution in [-0.2, 0) is 29.1 Å². The highest BCUT2D eigenvalue weighted by molar-refractivity contribution is 7.89. The van der Waals surface area contributed by atoms with Crippen LogP contribution in [0.4, 0.5) is 11.4 Å². The lowest BCUT2D eigenvalue weighted by atomic mass is 10.1. The van der Waals surface area contributed by atoms with Gasteiger partial charge in [0.1, 0.15) is 6.04 Å². The summed E-state index contributed by atoms with van der Waals surface area (Å²) in [7, 11) is -3.89. The summed E-state index contributed by atoms with van der Waals surface area (Å²) in [4.78, 5) is 36.7. The van der Waals surface area contributed by atoms with Gasteiger partial charge in [0.15, 0.2) is 6.10 Å². The first-order chi connectivity index (χ1) is 16.1. The molecule has 0 aromatic heterocycles. The zero-order valence-corrected chi connectivity index (χ0v) is 20.2. The monoisotopic (exact) mass is 487 g/mol. The predicted octanol–water partition coefficient (Wildman–Crippen LogP) is 3.07. The Labute approximate surface area is 199 Å². The van der Waals surface area contributed by atoms with Crippen molar-refractivity contribution in [2.75, 3.05) is 17.2 Å². The fraction of sp³-hybridized carbons (Fsp3) is 0.375. The predicted molar refractivity (Wildman–Crippen MR) is 128 cm³/mol. The van der Waals surface area contributed by atoms with Crippen molar-refractivity contribution in [3.05, 3.63) is 54.1 Å². The van der Waals surface area contributed by atoms with Crippen LogP contribution in [0.5, 0.6) is 0 Å². The van der Waals surface area contributed by atoms with Crippen LogP contribution >= 0.6 is 0 Å². The number of esters is 1. The Balaban J connectivity index is 1.65. The number of hydrogen-bond acceptors (Lipinski definition) is 6. The zero-order chi connectivity index (χ0) is 24.9. The smallest absolute Gasteiger partial charge is 0.325 e. The number of aryl methyl sites for hydroxylation is 1. The lowest BCUT2D eigenvalue weighted by Gasteiger charge is -2.33. The molecule has 2 amide bonds. The van der Waals surface area contributed by atoms with E-state index in [1.165, 1.54) is 30.3 Å². The Morgan fingerprint density at radius 1 is 0.971 bits per heavy atom. The third-order valence-electron chi connectivity index (χ3n) is 5.49. The summed E-state index contributed by atoms with van der Waals surface area (Å²) < 4.78 is 32.9. The first-order valence-corrected chi connectivity index (χ1v) is 12.5. The molecule has 0 unspecified atom stereocenters. The quantitative estimate of drug-likeness (QED) is 0.579. The van der Waals surface area contributed by atoms with E-state index in [1.54, 1.807) is 36.4 Å². The molecule has 1 fully saturated rings. The number of benzene rings is 2. The summed E-state index contributed by atoms with van der Waals surface area (Å²) >= 11 is 0. The van der Waals surface area contributed by atoms with Gasteiger partial charge in [0.2, 0.25) is 15.9 Å². The Kier molecular flexibility index (Phi) is 8.06. The highest BCUT2D eigenvalue weighted by Gasteiger charge is 2.39. The van der Waals surface area contributed by atoms with E-state index in [0.29, 0.717) is 30.6 Å². The molecule has 9 nitrogen and oxygen atoms in total. The van der Waals surface area contributed by atoms with Crippen molar-refractivity contribution in [2.45, 2.75) is 57.1 Å². The lowest BCUT2D eigenvalue weighted by molar-refractivity contribution is -0.157. The molecule has 0 bridgehead atoms. The van der Waals surface area contributed by atoms with Gasteiger partial charge >= 0.3 is 5.97 Å². The van der Waals surface area contributed by atoms with Crippen molar-refractivity contribution in [1.82, 2.24) is 4.31 Å². The molecule has 2 aromatic carbocycles. The first kappa shape index (κ1) is 25.4. The van der Waals surface area contributed by atoms with Crippen LogP contribution in [0.2, 0.25) is 0 Å². The van der Waals surface area contributed by atoms with Gasteiger partial charge in [0, 0.05) is 24.8 Å². The average molecular weight is 488 g/mol. The van der Waals surface area contributed by atoms with Gasteiger partial charge in [-0.25, -0.2) is 8.42 Å². The number of nitrogens with zero attached hydrogens (tertiary/aromatic N) is 1. The molecule has 0 spiro atoms. The van der Waals surface area contributed by atoms with Gasteiger partial charge in [0.25, 0.3) is 5.91 Å². The third kappa shape index (κ3) is 6.21. The molecule has 182 valence electrons. The van der Waals surface area contributed by atoms with E-state index in [2.05, 4.69) is 10.6 Å². The largest absolute Gasteiger partial charge is 0.451 e. The van der Waals surface area contributed by atoms with Crippen LogP contribution in [0.1, 0.15) is 38.7 Å². The number of amides is 2. The number of piperidine rings is 1. The molecule has 0 saturated carbocycles. The number of ether oxygens (including phenoxy) is 1. The Bertz CT molecular complexity index is 1150. The summed E-state index contributed by atoms with van der Waals surface area (Å²) in [6.45, 7) is 4.89. The van der Waals surface area contributed by atoms with E-state index in [4.69, 9.17) is 4.74 Å². The van der Waals surface area contributed by atoms with Crippen molar-refractivity contribution in [3.8, 4) is 0 Å². The minimum absolute atomic E-state index is 0.117. The van der Waals surface area contributed by atoms with Crippen LogP contribution in [0, 0.1) is 6.92 Å². The SMILES string of the molecule is CC(=O)Nc1ccc(NC(=O)[C@@H](C)OC(=O)[C@H]2CCCCN2S(=O)(=O)c2ccc(C)cc2)cc1. The normalized spacial score (nSPS) is 17.4. The summed E-state index contributed by atoms with van der Waals surface area (Å²) in [5.74, 6) is -1.51. The Hall–Kier alpha value is -3.24. The topological polar surface area (TPSA) is 122 Å². The molecule has 2 N–H and O–H groups in total. The molecule has 1 heterocycles. The Morgan fingerprint density at radius 2 is 1.56 bits per heavy atom.